The van der Waals surface area contributed by atoms with E-state index in [2.05, 4.69) is 20.4 Å². The summed E-state index contributed by atoms with van der Waals surface area (Å²) in [5.74, 6) is 0.917. The fraction of sp³-hybridized carbons (Fsp3) is 0.235. The zero-order valence-electron chi connectivity index (χ0n) is 13.7. The molecule has 0 amide bonds. The topological polar surface area (TPSA) is 64.9 Å². The first-order chi connectivity index (χ1) is 11.6. The summed E-state index contributed by atoms with van der Waals surface area (Å²) in [5.41, 5.74) is 2.77. The van der Waals surface area contributed by atoms with Gasteiger partial charge >= 0.3 is 0 Å². The standard InChI is InChI=1S/C17H18FN5O/c1-11-8-16(22-17(20-11)10-24-3)21-14-9-19-23(12(14)2)15-7-5-4-6-13(15)18/h4-9H,10H2,1-3H3,(H,20,21,22). The minimum atomic E-state index is -0.324. The Morgan fingerprint density at radius 1 is 1.21 bits per heavy atom. The van der Waals surface area contributed by atoms with E-state index in [9.17, 15) is 4.39 Å². The molecule has 0 atom stereocenters. The smallest absolute Gasteiger partial charge is 0.156 e. The molecule has 1 aromatic carbocycles. The minimum Gasteiger partial charge on any atom is -0.377 e. The molecule has 1 N–H and O–H groups in total. The van der Waals surface area contributed by atoms with Gasteiger partial charge in [0, 0.05) is 18.9 Å². The molecule has 6 nitrogen and oxygen atoms in total. The number of hydrogen-bond donors (Lipinski definition) is 1. The van der Waals surface area contributed by atoms with Crippen LogP contribution in [-0.2, 0) is 11.3 Å². The summed E-state index contributed by atoms with van der Waals surface area (Å²) in [6.07, 6.45) is 1.65. The first-order valence-electron chi connectivity index (χ1n) is 7.48. The summed E-state index contributed by atoms with van der Waals surface area (Å²) in [5, 5.41) is 7.48. The van der Waals surface area contributed by atoms with Gasteiger partial charge in [0.25, 0.3) is 0 Å². The molecule has 2 heterocycles. The molecule has 0 saturated carbocycles. The van der Waals surface area contributed by atoms with Crippen molar-refractivity contribution in [3.05, 3.63) is 59.6 Å². The summed E-state index contributed by atoms with van der Waals surface area (Å²) in [7, 11) is 1.60. The van der Waals surface area contributed by atoms with E-state index in [1.54, 1.807) is 36.2 Å². The van der Waals surface area contributed by atoms with Gasteiger partial charge in [-0.05, 0) is 26.0 Å². The van der Waals surface area contributed by atoms with Crippen LogP contribution in [0.1, 0.15) is 17.2 Å². The van der Waals surface area contributed by atoms with E-state index in [-0.39, 0.29) is 5.82 Å². The summed E-state index contributed by atoms with van der Waals surface area (Å²) in [4.78, 5) is 8.71. The molecule has 0 aliphatic heterocycles. The van der Waals surface area contributed by atoms with Crippen molar-refractivity contribution in [2.45, 2.75) is 20.5 Å². The Hall–Kier alpha value is -2.80. The van der Waals surface area contributed by atoms with Gasteiger partial charge in [0.05, 0.1) is 17.6 Å². The number of rotatable bonds is 5. The molecule has 0 spiro atoms. The molecule has 0 aliphatic rings. The highest BCUT2D eigenvalue weighted by molar-refractivity contribution is 5.59. The molecule has 0 radical (unpaired) electrons. The van der Waals surface area contributed by atoms with Gasteiger partial charge in [-0.15, -0.1) is 0 Å². The van der Waals surface area contributed by atoms with Gasteiger partial charge in [-0.3, -0.25) is 0 Å². The quantitative estimate of drug-likeness (QED) is 0.779. The van der Waals surface area contributed by atoms with Crippen molar-refractivity contribution in [2.75, 3.05) is 12.4 Å². The Bertz CT molecular complexity index is 862. The highest BCUT2D eigenvalue weighted by Gasteiger charge is 2.12. The Morgan fingerprint density at radius 3 is 2.75 bits per heavy atom. The monoisotopic (exact) mass is 327 g/mol. The molecule has 0 bridgehead atoms. The normalized spacial score (nSPS) is 10.8. The van der Waals surface area contributed by atoms with Crippen molar-refractivity contribution in [3.8, 4) is 5.69 Å². The molecule has 0 unspecified atom stereocenters. The second kappa shape index (κ2) is 6.76. The lowest BCUT2D eigenvalue weighted by atomic mass is 10.3. The van der Waals surface area contributed by atoms with Gasteiger partial charge in [-0.1, -0.05) is 12.1 Å². The van der Waals surface area contributed by atoms with Gasteiger partial charge in [-0.25, -0.2) is 19.0 Å². The third-order valence-corrected chi connectivity index (χ3v) is 3.53. The van der Waals surface area contributed by atoms with E-state index in [0.717, 1.165) is 17.1 Å². The molecule has 0 fully saturated rings. The van der Waals surface area contributed by atoms with Crippen LogP contribution in [0, 0.1) is 19.7 Å². The van der Waals surface area contributed by atoms with Crippen LogP contribution in [0.25, 0.3) is 5.69 Å². The summed E-state index contributed by atoms with van der Waals surface area (Å²) in [6.45, 7) is 4.09. The van der Waals surface area contributed by atoms with Gasteiger partial charge in [0.1, 0.15) is 23.9 Å². The summed E-state index contributed by atoms with van der Waals surface area (Å²) < 4.78 is 20.6. The number of hydrogen-bond acceptors (Lipinski definition) is 5. The second-order valence-corrected chi connectivity index (χ2v) is 5.38. The predicted octanol–water partition coefficient (Wildman–Crippen LogP) is 3.31. The number of para-hydroxylation sites is 1. The fourth-order valence-electron chi connectivity index (χ4n) is 2.42. The molecular formula is C17H18FN5O. The van der Waals surface area contributed by atoms with Crippen LogP contribution >= 0.6 is 0 Å². The molecule has 3 rings (SSSR count). The number of nitrogens with zero attached hydrogens (tertiary/aromatic N) is 4. The van der Waals surface area contributed by atoms with E-state index in [4.69, 9.17) is 4.74 Å². The minimum absolute atomic E-state index is 0.324. The molecule has 24 heavy (non-hydrogen) atoms. The van der Waals surface area contributed by atoms with Crippen molar-refractivity contribution in [2.24, 2.45) is 0 Å². The lowest BCUT2D eigenvalue weighted by Gasteiger charge is -2.09. The van der Waals surface area contributed by atoms with E-state index in [0.29, 0.717) is 23.9 Å². The number of methoxy groups -OCH3 is 1. The van der Waals surface area contributed by atoms with Crippen molar-refractivity contribution in [1.82, 2.24) is 19.7 Å². The van der Waals surface area contributed by atoms with E-state index < -0.39 is 0 Å². The maximum absolute atomic E-state index is 14.0. The molecule has 7 heteroatoms. The first-order valence-corrected chi connectivity index (χ1v) is 7.48. The third-order valence-electron chi connectivity index (χ3n) is 3.53. The lowest BCUT2D eigenvalue weighted by molar-refractivity contribution is 0.177. The number of ether oxygens (including phenoxy) is 1. The fourth-order valence-corrected chi connectivity index (χ4v) is 2.42. The number of aryl methyl sites for hydroxylation is 1. The van der Waals surface area contributed by atoms with Crippen LogP contribution in [-0.4, -0.2) is 26.9 Å². The zero-order valence-corrected chi connectivity index (χ0v) is 13.7. The molecule has 3 aromatic rings. The Morgan fingerprint density at radius 2 is 2.00 bits per heavy atom. The van der Waals surface area contributed by atoms with Gasteiger partial charge in [0.15, 0.2) is 5.82 Å². The summed E-state index contributed by atoms with van der Waals surface area (Å²) >= 11 is 0. The summed E-state index contributed by atoms with van der Waals surface area (Å²) in [6, 6.07) is 8.35. The van der Waals surface area contributed by atoms with Crippen LogP contribution < -0.4 is 5.32 Å². The largest absolute Gasteiger partial charge is 0.377 e. The Balaban J connectivity index is 1.91. The highest BCUT2D eigenvalue weighted by Crippen LogP contribution is 2.23. The number of aromatic nitrogens is 4. The zero-order chi connectivity index (χ0) is 17.1. The highest BCUT2D eigenvalue weighted by atomic mass is 19.1. The molecule has 124 valence electrons. The van der Waals surface area contributed by atoms with E-state index >= 15 is 0 Å². The molecule has 2 aromatic heterocycles. The maximum Gasteiger partial charge on any atom is 0.156 e. The number of benzene rings is 1. The molecular weight excluding hydrogens is 309 g/mol. The number of nitrogens with one attached hydrogen (secondary N) is 1. The van der Waals surface area contributed by atoms with Crippen LogP contribution in [0.15, 0.2) is 36.5 Å². The van der Waals surface area contributed by atoms with E-state index in [1.807, 2.05) is 19.9 Å². The van der Waals surface area contributed by atoms with Gasteiger partial charge in [-0.2, -0.15) is 5.10 Å². The van der Waals surface area contributed by atoms with Crippen LogP contribution in [0.2, 0.25) is 0 Å². The first kappa shape index (κ1) is 16.1. The lowest BCUT2D eigenvalue weighted by Crippen LogP contribution is -2.04. The molecule has 0 aliphatic carbocycles. The van der Waals surface area contributed by atoms with Crippen molar-refractivity contribution >= 4 is 11.5 Å². The Kier molecular flexibility index (Phi) is 4.52. The van der Waals surface area contributed by atoms with Gasteiger partial charge < -0.3 is 10.1 Å². The predicted molar refractivity (Wildman–Crippen MR) is 89.0 cm³/mol. The Labute approximate surface area is 139 Å². The second-order valence-electron chi connectivity index (χ2n) is 5.38. The SMILES string of the molecule is COCc1nc(C)cc(Nc2cnn(-c3ccccc3F)c2C)n1. The average molecular weight is 327 g/mol. The number of anilines is 2. The maximum atomic E-state index is 14.0. The number of halogens is 1. The van der Waals surface area contributed by atoms with Gasteiger partial charge in [0.2, 0.25) is 0 Å². The van der Waals surface area contributed by atoms with Crippen molar-refractivity contribution in [1.29, 1.82) is 0 Å². The third kappa shape index (κ3) is 3.26. The van der Waals surface area contributed by atoms with Crippen LogP contribution in [0.5, 0.6) is 0 Å². The van der Waals surface area contributed by atoms with Crippen molar-refractivity contribution in [3.63, 3.8) is 0 Å². The van der Waals surface area contributed by atoms with Crippen LogP contribution in [0.4, 0.5) is 15.9 Å². The molecule has 0 saturated heterocycles. The van der Waals surface area contributed by atoms with Crippen LogP contribution in [0.3, 0.4) is 0 Å². The van der Waals surface area contributed by atoms with E-state index in [1.165, 1.54) is 6.07 Å². The van der Waals surface area contributed by atoms with Crippen molar-refractivity contribution < 1.29 is 9.13 Å². The average Bonchev–Trinajstić information content (AvgIpc) is 2.89.